The molecular weight excluding hydrogens is 160 g/mol. The van der Waals surface area contributed by atoms with E-state index in [9.17, 15) is 0 Å². The number of piperidine rings is 1. The van der Waals surface area contributed by atoms with Gasteiger partial charge >= 0.3 is 0 Å². The third kappa shape index (κ3) is 1.62. The van der Waals surface area contributed by atoms with Crippen LogP contribution >= 0.6 is 0 Å². The highest BCUT2D eigenvalue weighted by Crippen LogP contribution is 2.61. The predicted octanol–water partition coefficient (Wildman–Crippen LogP) is 1.31. The van der Waals surface area contributed by atoms with E-state index in [4.69, 9.17) is 5.73 Å². The molecule has 13 heavy (non-hydrogen) atoms. The van der Waals surface area contributed by atoms with Gasteiger partial charge in [0.1, 0.15) is 0 Å². The normalized spacial score (nSPS) is 37.6. The number of rotatable bonds is 2. The molecule has 2 aliphatic rings. The zero-order valence-electron chi connectivity index (χ0n) is 9.30. The number of hydrogen-bond acceptors (Lipinski definition) is 2. The highest BCUT2D eigenvalue weighted by Gasteiger charge is 2.61. The first kappa shape index (κ1) is 9.47. The fraction of sp³-hybridized carbons (Fsp3) is 1.00. The third-order valence-electron chi connectivity index (χ3n) is 3.83. The fourth-order valence-corrected chi connectivity index (χ4v) is 2.92. The van der Waals surface area contributed by atoms with Gasteiger partial charge in [0.25, 0.3) is 0 Å². The van der Waals surface area contributed by atoms with Crippen LogP contribution in [0.3, 0.4) is 0 Å². The molecule has 1 aliphatic carbocycles. The predicted molar refractivity (Wildman–Crippen MR) is 55.5 cm³/mol. The van der Waals surface area contributed by atoms with Crippen LogP contribution in [0.25, 0.3) is 0 Å². The lowest BCUT2D eigenvalue weighted by atomic mass is 10.0. The van der Waals surface area contributed by atoms with Crippen molar-refractivity contribution in [2.45, 2.75) is 33.2 Å². The van der Waals surface area contributed by atoms with Crippen LogP contribution in [0.4, 0.5) is 0 Å². The Morgan fingerprint density at radius 2 is 1.77 bits per heavy atom. The third-order valence-corrected chi connectivity index (χ3v) is 3.83. The highest BCUT2D eigenvalue weighted by atomic mass is 15.2. The molecule has 2 N–H and O–H groups in total. The Hall–Kier alpha value is -0.0800. The molecule has 1 saturated carbocycles. The lowest BCUT2D eigenvalue weighted by Gasteiger charge is -2.29. The maximum absolute atomic E-state index is 6.00. The Bertz CT molecular complexity index is 201. The quantitative estimate of drug-likeness (QED) is 0.697. The van der Waals surface area contributed by atoms with Crippen molar-refractivity contribution >= 4 is 0 Å². The maximum Gasteiger partial charge on any atom is 0.0226 e. The smallest absolute Gasteiger partial charge is 0.0226 e. The van der Waals surface area contributed by atoms with Crippen molar-refractivity contribution in [1.82, 2.24) is 4.90 Å². The van der Waals surface area contributed by atoms with Gasteiger partial charge in [0, 0.05) is 25.2 Å². The summed E-state index contributed by atoms with van der Waals surface area (Å²) in [6.45, 7) is 12.6. The number of fused-ring (bicyclic) bond motifs is 1. The van der Waals surface area contributed by atoms with Crippen LogP contribution in [0.5, 0.6) is 0 Å². The van der Waals surface area contributed by atoms with Gasteiger partial charge in [-0.25, -0.2) is 0 Å². The van der Waals surface area contributed by atoms with E-state index < -0.39 is 0 Å². The molecule has 1 aliphatic heterocycles. The molecule has 1 heterocycles. The molecular formula is C11H22N2. The summed E-state index contributed by atoms with van der Waals surface area (Å²) in [6.07, 6.45) is 0. The molecule has 2 atom stereocenters. The average Bonchev–Trinajstić information content (AvgIpc) is 2.38. The fourth-order valence-electron chi connectivity index (χ4n) is 2.92. The minimum atomic E-state index is -0.0269. The lowest BCUT2D eigenvalue weighted by Crippen LogP contribution is -2.45. The summed E-state index contributed by atoms with van der Waals surface area (Å²) in [4.78, 5) is 2.53. The van der Waals surface area contributed by atoms with Crippen LogP contribution in [0, 0.1) is 17.3 Å². The number of likely N-dealkylation sites (tertiary alicyclic amines) is 1. The van der Waals surface area contributed by atoms with E-state index in [1.54, 1.807) is 0 Å². The van der Waals surface area contributed by atoms with Crippen LogP contribution < -0.4 is 5.73 Å². The molecule has 2 unspecified atom stereocenters. The molecule has 0 spiro atoms. The Kier molecular flexibility index (Phi) is 1.81. The van der Waals surface area contributed by atoms with Crippen molar-refractivity contribution in [3.8, 4) is 0 Å². The standard InChI is InChI=1S/C11H22N2/c1-10(2,12)7-13-5-8-9(6-13)11(8,3)4/h8-9H,5-7,12H2,1-4H3. The van der Waals surface area contributed by atoms with Gasteiger partial charge in [0.05, 0.1) is 0 Å². The molecule has 0 aromatic carbocycles. The summed E-state index contributed by atoms with van der Waals surface area (Å²) in [5, 5.41) is 0. The van der Waals surface area contributed by atoms with E-state index in [0.717, 1.165) is 18.4 Å². The second-order valence-electron chi connectivity index (χ2n) is 6.22. The second kappa shape index (κ2) is 2.48. The first-order valence-corrected chi connectivity index (χ1v) is 5.32. The molecule has 0 amide bonds. The molecule has 2 nitrogen and oxygen atoms in total. The van der Waals surface area contributed by atoms with Gasteiger partial charge in [-0.2, -0.15) is 0 Å². The molecule has 0 aromatic heterocycles. The van der Waals surface area contributed by atoms with Crippen LogP contribution in [0.2, 0.25) is 0 Å². The Morgan fingerprint density at radius 1 is 1.31 bits per heavy atom. The molecule has 76 valence electrons. The van der Waals surface area contributed by atoms with E-state index in [-0.39, 0.29) is 5.54 Å². The molecule has 2 heteroatoms. The van der Waals surface area contributed by atoms with E-state index >= 15 is 0 Å². The largest absolute Gasteiger partial charge is 0.324 e. The van der Waals surface area contributed by atoms with Gasteiger partial charge in [-0.3, -0.25) is 0 Å². The Balaban J connectivity index is 1.85. The summed E-state index contributed by atoms with van der Waals surface area (Å²) in [5.41, 5.74) is 6.61. The van der Waals surface area contributed by atoms with E-state index in [2.05, 4.69) is 32.6 Å². The molecule has 0 radical (unpaired) electrons. The zero-order chi connectivity index (χ0) is 9.85. The molecule has 0 aromatic rings. The van der Waals surface area contributed by atoms with Gasteiger partial charge in [-0.05, 0) is 31.1 Å². The number of nitrogens with two attached hydrogens (primary N) is 1. The monoisotopic (exact) mass is 182 g/mol. The molecule has 1 saturated heterocycles. The van der Waals surface area contributed by atoms with Crippen molar-refractivity contribution in [3.63, 3.8) is 0 Å². The minimum absolute atomic E-state index is 0.0269. The van der Waals surface area contributed by atoms with E-state index in [1.807, 2.05) is 0 Å². The second-order valence-corrected chi connectivity index (χ2v) is 6.22. The Labute approximate surface area is 81.5 Å². The van der Waals surface area contributed by atoms with Crippen molar-refractivity contribution < 1.29 is 0 Å². The average molecular weight is 182 g/mol. The Morgan fingerprint density at radius 3 is 2.15 bits per heavy atom. The van der Waals surface area contributed by atoms with Crippen molar-refractivity contribution in [2.75, 3.05) is 19.6 Å². The van der Waals surface area contributed by atoms with Crippen molar-refractivity contribution in [2.24, 2.45) is 23.0 Å². The summed E-state index contributed by atoms with van der Waals surface area (Å²) < 4.78 is 0. The van der Waals surface area contributed by atoms with Gasteiger partial charge in [-0.1, -0.05) is 13.8 Å². The van der Waals surface area contributed by atoms with E-state index in [0.29, 0.717) is 5.41 Å². The first-order valence-electron chi connectivity index (χ1n) is 5.32. The summed E-state index contributed by atoms with van der Waals surface area (Å²) in [7, 11) is 0. The lowest BCUT2D eigenvalue weighted by molar-refractivity contribution is 0.218. The van der Waals surface area contributed by atoms with Crippen molar-refractivity contribution in [3.05, 3.63) is 0 Å². The van der Waals surface area contributed by atoms with Gasteiger partial charge in [-0.15, -0.1) is 0 Å². The van der Waals surface area contributed by atoms with Crippen LogP contribution in [-0.2, 0) is 0 Å². The maximum atomic E-state index is 6.00. The van der Waals surface area contributed by atoms with Gasteiger partial charge in [0.15, 0.2) is 0 Å². The number of hydrogen-bond donors (Lipinski definition) is 1. The van der Waals surface area contributed by atoms with Crippen LogP contribution in [0.15, 0.2) is 0 Å². The topological polar surface area (TPSA) is 29.3 Å². The van der Waals surface area contributed by atoms with Crippen molar-refractivity contribution in [1.29, 1.82) is 0 Å². The molecule has 2 rings (SSSR count). The van der Waals surface area contributed by atoms with Crippen LogP contribution in [0.1, 0.15) is 27.7 Å². The van der Waals surface area contributed by atoms with E-state index in [1.165, 1.54) is 13.1 Å². The van der Waals surface area contributed by atoms with Gasteiger partial charge in [0.2, 0.25) is 0 Å². The first-order chi connectivity index (χ1) is 5.81. The summed E-state index contributed by atoms with van der Waals surface area (Å²) >= 11 is 0. The minimum Gasteiger partial charge on any atom is -0.324 e. The SMILES string of the molecule is CC(C)(N)CN1CC2C(C1)C2(C)C. The number of nitrogens with zero attached hydrogens (tertiary/aromatic N) is 1. The van der Waals surface area contributed by atoms with Crippen LogP contribution in [-0.4, -0.2) is 30.1 Å². The molecule has 0 bridgehead atoms. The summed E-state index contributed by atoms with van der Waals surface area (Å²) in [5.74, 6) is 1.91. The molecule has 2 fully saturated rings. The zero-order valence-corrected chi connectivity index (χ0v) is 9.30. The summed E-state index contributed by atoms with van der Waals surface area (Å²) in [6, 6.07) is 0. The van der Waals surface area contributed by atoms with Gasteiger partial charge < -0.3 is 10.6 Å². The highest BCUT2D eigenvalue weighted by molar-refractivity contribution is 5.11.